The van der Waals surface area contributed by atoms with Crippen LogP contribution in [-0.2, 0) is 28.6 Å². The van der Waals surface area contributed by atoms with Crippen molar-refractivity contribution in [3.8, 4) is 0 Å². The Morgan fingerprint density at radius 2 is 0.825 bits per heavy atom. The van der Waals surface area contributed by atoms with Gasteiger partial charge < -0.3 is 30.2 Å². The number of carbonyl (C=O) groups is 3. The highest BCUT2D eigenvalue weighted by atomic mass is 16.5. The van der Waals surface area contributed by atoms with Crippen molar-refractivity contribution in [1.82, 2.24) is 16.0 Å². The fourth-order valence-electron chi connectivity index (χ4n) is 7.65. The molecule has 9 heteroatoms. The second-order valence-corrected chi connectivity index (χ2v) is 23.3. The second kappa shape index (κ2) is 23.9. The molecule has 0 radical (unpaired) electrons. The lowest BCUT2D eigenvalue weighted by Gasteiger charge is -2.33. The van der Waals surface area contributed by atoms with Gasteiger partial charge in [-0.25, -0.2) is 0 Å². The Kier molecular flexibility index (Phi) is 22.4. The van der Waals surface area contributed by atoms with Crippen LogP contribution in [-0.4, -0.2) is 72.5 Å². The Bertz CT molecular complexity index is 1150. The van der Waals surface area contributed by atoms with Gasteiger partial charge in [0.05, 0.1) is 19.8 Å². The van der Waals surface area contributed by atoms with Crippen molar-refractivity contribution in [1.29, 1.82) is 0 Å². The van der Waals surface area contributed by atoms with E-state index in [2.05, 4.69) is 57.5 Å². The highest BCUT2D eigenvalue weighted by Gasteiger charge is 2.35. The monoisotopic (exact) mass is 808 g/mol. The quantitative estimate of drug-likeness (QED) is 0.161. The molecule has 3 rings (SSSR count). The molecule has 0 aliphatic heterocycles. The molecule has 57 heavy (non-hydrogen) atoms. The van der Waals surface area contributed by atoms with Crippen LogP contribution < -0.4 is 16.0 Å². The van der Waals surface area contributed by atoms with Crippen molar-refractivity contribution >= 4 is 17.7 Å². The van der Waals surface area contributed by atoms with Crippen molar-refractivity contribution in [3.63, 3.8) is 0 Å². The molecule has 3 N–H and O–H groups in total. The van der Waals surface area contributed by atoms with Gasteiger partial charge in [-0.05, 0) is 142 Å². The molecule has 3 aliphatic carbocycles. The van der Waals surface area contributed by atoms with Crippen LogP contribution in [0, 0.1) is 34.5 Å². The van der Waals surface area contributed by atoms with Gasteiger partial charge in [0.1, 0.15) is 18.3 Å². The molecule has 0 saturated heterocycles. The first-order valence-electron chi connectivity index (χ1n) is 22.8. The largest absolute Gasteiger partial charge is 0.368 e. The van der Waals surface area contributed by atoms with Gasteiger partial charge in [-0.1, -0.05) is 93.9 Å². The normalized spacial score (nSPS) is 19.3. The molecule has 0 bridgehead atoms. The summed E-state index contributed by atoms with van der Waals surface area (Å²) in [5.74, 6) is 2.24. The number of hydrogen-bond acceptors (Lipinski definition) is 6. The summed E-state index contributed by atoms with van der Waals surface area (Å²) in [6, 6.07) is 0. The molecule has 0 aromatic heterocycles. The average molecular weight is 808 g/mol. The summed E-state index contributed by atoms with van der Waals surface area (Å²) in [6.45, 7) is 37.0. The second-order valence-electron chi connectivity index (χ2n) is 23.3. The first kappa shape index (κ1) is 53.3. The van der Waals surface area contributed by atoms with Crippen LogP contribution in [0.3, 0.4) is 0 Å². The third kappa shape index (κ3) is 25.5. The Morgan fingerprint density at radius 1 is 0.491 bits per heavy atom. The van der Waals surface area contributed by atoms with Crippen LogP contribution in [0.15, 0.2) is 0 Å². The summed E-state index contributed by atoms with van der Waals surface area (Å²) >= 11 is 0. The molecule has 3 fully saturated rings. The van der Waals surface area contributed by atoms with Crippen molar-refractivity contribution < 1.29 is 28.6 Å². The van der Waals surface area contributed by atoms with Gasteiger partial charge >= 0.3 is 0 Å². The maximum Gasteiger partial charge on any atom is 0.250 e. The van der Waals surface area contributed by atoms with E-state index in [1.165, 1.54) is 77.0 Å². The zero-order chi connectivity index (χ0) is 43.8. The lowest BCUT2D eigenvalue weighted by molar-refractivity contribution is -0.143. The Morgan fingerprint density at radius 3 is 1.16 bits per heavy atom. The lowest BCUT2D eigenvalue weighted by Crippen LogP contribution is -2.51. The smallest absolute Gasteiger partial charge is 0.250 e. The lowest BCUT2D eigenvalue weighted by atomic mass is 9.87. The van der Waals surface area contributed by atoms with Gasteiger partial charge in [-0.3, -0.25) is 14.4 Å². The Labute approximate surface area is 351 Å². The molecule has 9 nitrogen and oxygen atoms in total. The van der Waals surface area contributed by atoms with Crippen LogP contribution >= 0.6 is 0 Å². The summed E-state index contributed by atoms with van der Waals surface area (Å²) < 4.78 is 17.9. The van der Waals surface area contributed by atoms with Gasteiger partial charge in [-0.2, -0.15) is 0 Å². The standard InChI is InChI=1S/C17H33NO2.C16H31NO2.C15H29NO2/c1-16(2,3)11-14(15(19)18-17(4,5)6)20-12-13-9-7-8-10-13;1-15(2,3)13(14(18)17-16(4,5)6)19-11-12-9-7-8-10-12;1-11(2)13(14(17)16-15(3,4)5)18-10-12-8-6-7-9-12/h13-14H,7-12H2,1-6H3,(H,18,19);12-13H,7-11H2,1-6H3,(H,17,18);11-13H,6-10H2,1-5H3,(H,16,17). The maximum atomic E-state index is 12.4. The van der Waals surface area contributed by atoms with Crippen LogP contribution in [0.25, 0.3) is 0 Å². The summed E-state index contributed by atoms with van der Waals surface area (Å²) in [6.07, 6.45) is 15.1. The fraction of sp³-hybridized carbons (Fsp3) is 0.938. The van der Waals surface area contributed by atoms with E-state index in [9.17, 15) is 14.4 Å². The molecule has 0 spiro atoms. The molecule has 3 amide bonds. The first-order chi connectivity index (χ1) is 26.0. The number of carbonyl (C=O) groups excluding carboxylic acids is 3. The maximum absolute atomic E-state index is 12.4. The molecule has 3 saturated carbocycles. The van der Waals surface area contributed by atoms with E-state index in [0.717, 1.165) is 26.2 Å². The highest BCUT2D eigenvalue weighted by Crippen LogP contribution is 2.30. The molecule has 336 valence electrons. The molecule has 3 unspecified atom stereocenters. The van der Waals surface area contributed by atoms with Gasteiger partial charge in [0, 0.05) is 16.6 Å². The van der Waals surface area contributed by atoms with Crippen LogP contribution in [0.5, 0.6) is 0 Å². The summed E-state index contributed by atoms with van der Waals surface area (Å²) in [7, 11) is 0. The van der Waals surface area contributed by atoms with Crippen molar-refractivity contribution in [3.05, 3.63) is 0 Å². The average Bonchev–Trinajstić information content (AvgIpc) is 3.81. The van der Waals surface area contributed by atoms with Crippen LogP contribution in [0.1, 0.15) is 201 Å². The van der Waals surface area contributed by atoms with E-state index in [1.54, 1.807) is 0 Å². The van der Waals surface area contributed by atoms with Crippen molar-refractivity contribution in [2.75, 3.05) is 19.8 Å². The third-order valence-corrected chi connectivity index (χ3v) is 10.4. The van der Waals surface area contributed by atoms with E-state index in [0.29, 0.717) is 17.8 Å². The number of hydrogen-bond donors (Lipinski definition) is 3. The summed E-state index contributed by atoms with van der Waals surface area (Å²) in [4.78, 5) is 36.9. The summed E-state index contributed by atoms with van der Waals surface area (Å²) in [5.41, 5.74) is -0.689. The van der Waals surface area contributed by atoms with Gasteiger partial charge in [-0.15, -0.1) is 0 Å². The molecule has 0 aromatic rings. The highest BCUT2D eigenvalue weighted by molar-refractivity contribution is 5.82. The molecule has 0 aromatic carbocycles. The number of amides is 3. The van der Waals surface area contributed by atoms with E-state index < -0.39 is 0 Å². The predicted molar refractivity (Wildman–Crippen MR) is 237 cm³/mol. The van der Waals surface area contributed by atoms with Crippen LogP contribution in [0.2, 0.25) is 0 Å². The number of nitrogens with one attached hydrogen (secondary N) is 3. The van der Waals surface area contributed by atoms with Gasteiger partial charge in [0.2, 0.25) is 17.7 Å². The molecule has 0 heterocycles. The zero-order valence-corrected chi connectivity index (χ0v) is 40.3. The van der Waals surface area contributed by atoms with E-state index in [1.807, 2.05) is 76.2 Å². The Hall–Kier alpha value is -1.71. The minimum absolute atomic E-state index is 0.0120. The van der Waals surface area contributed by atoms with E-state index >= 15 is 0 Å². The number of ether oxygens (including phenoxy) is 3. The van der Waals surface area contributed by atoms with Crippen molar-refractivity contribution in [2.45, 2.75) is 236 Å². The van der Waals surface area contributed by atoms with Gasteiger partial charge in [0.25, 0.3) is 0 Å². The minimum atomic E-state index is -0.368. The van der Waals surface area contributed by atoms with Crippen LogP contribution in [0.4, 0.5) is 0 Å². The predicted octanol–water partition coefficient (Wildman–Crippen LogP) is 10.6. The van der Waals surface area contributed by atoms with E-state index in [4.69, 9.17) is 14.2 Å². The molecule has 3 atom stereocenters. The fourth-order valence-corrected chi connectivity index (χ4v) is 7.65. The number of rotatable bonds is 14. The first-order valence-corrected chi connectivity index (χ1v) is 22.8. The Balaban J connectivity index is 0.000000428. The topological polar surface area (TPSA) is 115 Å². The third-order valence-electron chi connectivity index (χ3n) is 10.4. The SMILES string of the molecule is CC(C)(C)CC(OCC1CCCC1)C(=O)NC(C)(C)C.CC(C)(C)NC(=O)C(OCC1CCCC1)C(C)(C)C.CC(C)C(OCC1CCCC1)C(=O)NC(C)(C)C. The summed E-state index contributed by atoms with van der Waals surface area (Å²) in [5, 5.41) is 9.10. The van der Waals surface area contributed by atoms with Crippen molar-refractivity contribution in [2.24, 2.45) is 34.5 Å². The van der Waals surface area contributed by atoms with E-state index in [-0.39, 0.29) is 69.4 Å². The molecule has 3 aliphatic rings. The molecular weight excluding hydrogens is 715 g/mol. The zero-order valence-electron chi connectivity index (χ0n) is 40.3. The van der Waals surface area contributed by atoms with Gasteiger partial charge in [0.15, 0.2) is 0 Å². The minimum Gasteiger partial charge on any atom is -0.368 e. The molecular formula is C48H93N3O6.